The zero-order valence-corrected chi connectivity index (χ0v) is 19.4. The number of hydrogen-bond donors (Lipinski definition) is 1. The molecule has 1 aromatic heterocycles. The van der Waals surface area contributed by atoms with Crippen molar-refractivity contribution in [1.29, 1.82) is 0 Å². The minimum atomic E-state index is -0.247. The summed E-state index contributed by atoms with van der Waals surface area (Å²) in [5.41, 5.74) is 3.21. The normalized spacial score (nSPS) is 21.2. The lowest BCUT2D eigenvalue weighted by atomic mass is 9.74. The van der Waals surface area contributed by atoms with E-state index >= 15 is 0 Å². The molecule has 174 valence electrons. The molecule has 3 heterocycles. The molecule has 1 atom stereocenters. The summed E-state index contributed by atoms with van der Waals surface area (Å²) in [6.07, 6.45) is 5.44. The topological polar surface area (TPSA) is 50.3 Å². The highest BCUT2D eigenvalue weighted by Crippen LogP contribution is 2.34. The van der Waals surface area contributed by atoms with Gasteiger partial charge in [0.1, 0.15) is 5.82 Å². The fourth-order valence-corrected chi connectivity index (χ4v) is 5.34. The molecule has 0 spiro atoms. The maximum absolute atomic E-state index is 13.6. The predicted octanol–water partition coefficient (Wildman–Crippen LogP) is 4.77. The molecule has 2 aliphatic rings. The molecule has 0 aliphatic carbocycles. The molecule has 3 aromatic rings. The number of aromatic nitrogens is 2. The fraction of sp³-hybridized carbons (Fsp3) is 0.481. The average Bonchev–Trinajstić information content (AvgIpc) is 3.10. The monoisotopic (exact) mass is 448 g/mol. The number of anilines is 1. The maximum atomic E-state index is 13.6. The molecule has 0 radical (unpaired) electrons. The van der Waals surface area contributed by atoms with Crippen molar-refractivity contribution in [2.75, 3.05) is 37.7 Å². The number of halogens is 1. The third kappa shape index (κ3) is 4.87. The molecule has 0 bridgehead atoms. The van der Waals surface area contributed by atoms with Gasteiger partial charge in [0, 0.05) is 49.7 Å². The smallest absolute Gasteiger partial charge is 0.226 e. The summed E-state index contributed by atoms with van der Waals surface area (Å²) >= 11 is 0. The average molecular weight is 449 g/mol. The maximum Gasteiger partial charge on any atom is 0.226 e. The molecular weight excluding hydrogens is 415 g/mol. The Labute approximate surface area is 195 Å². The SMILES string of the molecule is Cc1nc(N2CCCC(NCC3(c4ccccc4)CCOCC3)CC2)nc2ccc(F)cc12. The predicted molar refractivity (Wildman–Crippen MR) is 130 cm³/mol. The van der Waals surface area contributed by atoms with Crippen LogP contribution in [0.3, 0.4) is 0 Å². The summed E-state index contributed by atoms with van der Waals surface area (Å²) in [6, 6.07) is 16.2. The second-order valence-electron chi connectivity index (χ2n) is 9.52. The third-order valence-corrected chi connectivity index (χ3v) is 7.41. The molecule has 6 heteroatoms. The van der Waals surface area contributed by atoms with E-state index in [0.29, 0.717) is 6.04 Å². The van der Waals surface area contributed by atoms with Gasteiger partial charge in [-0.3, -0.25) is 0 Å². The lowest BCUT2D eigenvalue weighted by molar-refractivity contribution is 0.0487. The van der Waals surface area contributed by atoms with Crippen LogP contribution in [0.1, 0.15) is 43.4 Å². The first-order valence-corrected chi connectivity index (χ1v) is 12.2. The Morgan fingerprint density at radius 2 is 1.88 bits per heavy atom. The highest BCUT2D eigenvalue weighted by Gasteiger charge is 2.35. The molecule has 5 nitrogen and oxygen atoms in total. The number of fused-ring (bicyclic) bond motifs is 1. The first kappa shape index (κ1) is 22.2. The quantitative estimate of drug-likeness (QED) is 0.609. The number of rotatable bonds is 5. The van der Waals surface area contributed by atoms with Crippen LogP contribution in [0, 0.1) is 12.7 Å². The standard InChI is InChI=1S/C27H33FN4O/c1-20-24-18-22(28)9-10-25(24)31-26(30-20)32-14-5-8-23(11-15-32)29-19-27(12-16-33-17-13-27)21-6-3-2-4-7-21/h2-4,6-7,9-10,18,23,29H,5,8,11-17,19H2,1H3. The van der Waals surface area contributed by atoms with E-state index in [0.717, 1.165) is 87.5 Å². The van der Waals surface area contributed by atoms with Gasteiger partial charge < -0.3 is 15.0 Å². The van der Waals surface area contributed by atoms with Crippen molar-refractivity contribution in [3.8, 4) is 0 Å². The largest absolute Gasteiger partial charge is 0.381 e. The van der Waals surface area contributed by atoms with Gasteiger partial charge in [0.2, 0.25) is 5.95 Å². The number of nitrogens with zero attached hydrogens (tertiary/aromatic N) is 3. The van der Waals surface area contributed by atoms with Gasteiger partial charge in [-0.25, -0.2) is 14.4 Å². The van der Waals surface area contributed by atoms with Crippen molar-refractivity contribution in [2.45, 2.75) is 50.5 Å². The van der Waals surface area contributed by atoms with Crippen molar-refractivity contribution in [3.63, 3.8) is 0 Å². The Kier molecular flexibility index (Phi) is 6.56. The minimum Gasteiger partial charge on any atom is -0.381 e. The van der Waals surface area contributed by atoms with E-state index in [1.165, 1.54) is 17.7 Å². The number of aryl methyl sites for hydroxylation is 1. The van der Waals surface area contributed by atoms with Crippen LogP contribution in [0.5, 0.6) is 0 Å². The first-order chi connectivity index (χ1) is 16.1. The van der Waals surface area contributed by atoms with Crippen LogP contribution in [-0.2, 0) is 10.2 Å². The van der Waals surface area contributed by atoms with Crippen molar-refractivity contribution in [2.24, 2.45) is 0 Å². The zero-order valence-electron chi connectivity index (χ0n) is 19.4. The molecule has 1 N–H and O–H groups in total. The van der Waals surface area contributed by atoms with Crippen LogP contribution < -0.4 is 10.2 Å². The summed E-state index contributed by atoms with van der Waals surface area (Å²) in [5, 5.41) is 4.71. The Bertz CT molecular complexity index is 1080. The van der Waals surface area contributed by atoms with Crippen molar-refractivity contribution in [1.82, 2.24) is 15.3 Å². The van der Waals surface area contributed by atoms with E-state index in [2.05, 4.69) is 40.5 Å². The van der Waals surface area contributed by atoms with Crippen LogP contribution in [0.2, 0.25) is 0 Å². The van der Waals surface area contributed by atoms with Crippen LogP contribution >= 0.6 is 0 Å². The van der Waals surface area contributed by atoms with Crippen molar-refractivity contribution in [3.05, 3.63) is 65.6 Å². The first-order valence-electron chi connectivity index (χ1n) is 12.2. The zero-order chi connectivity index (χ0) is 22.7. The molecule has 0 saturated carbocycles. The van der Waals surface area contributed by atoms with E-state index in [1.807, 2.05) is 6.92 Å². The highest BCUT2D eigenvalue weighted by molar-refractivity contribution is 5.81. The van der Waals surface area contributed by atoms with Gasteiger partial charge in [0.25, 0.3) is 0 Å². The third-order valence-electron chi connectivity index (χ3n) is 7.41. The van der Waals surface area contributed by atoms with Gasteiger partial charge in [-0.2, -0.15) is 0 Å². The molecule has 1 unspecified atom stereocenters. The van der Waals surface area contributed by atoms with E-state index < -0.39 is 0 Å². The van der Waals surface area contributed by atoms with E-state index in [4.69, 9.17) is 14.7 Å². The van der Waals surface area contributed by atoms with E-state index in [1.54, 1.807) is 6.07 Å². The molecule has 2 aromatic carbocycles. The van der Waals surface area contributed by atoms with Crippen molar-refractivity contribution < 1.29 is 9.13 Å². The molecule has 0 amide bonds. The number of nitrogens with one attached hydrogen (secondary N) is 1. The summed E-state index contributed by atoms with van der Waals surface area (Å²) < 4.78 is 19.3. The molecule has 2 aliphatic heterocycles. The molecule has 2 saturated heterocycles. The van der Waals surface area contributed by atoms with Crippen LogP contribution in [0.4, 0.5) is 10.3 Å². The summed E-state index contributed by atoms with van der Waals surface area (Å²) in [6.45, 7) is 6.45. The Balaban J connectivity index is 1.26. The van der Waals surface area contributed by atoms with Gasteiger partial charge in [-0.05, 0) is 62.8 Å². The molecule has 2 fully saturated rings. The Morgan fingerprint density at radius 1 is 1.06 bits per heavy atom. The number of hydrogen-bond acceptors (Lipinski definition) is 5. The Morgan fingerprint density at radius 3 is 2.70 bits per heavy atom. The van der Waals surface area contributed by atoms with Crippen molar-refractivity contribution >= 4 is 16.9 Å². The summed E-state index contributed by atoms with van der Waals surface area (Å²) in [5.74, 6) is 0.515. The lowest BCUT2D eigenvalue weighted by Crippen LogP contribution is -2.46. The van der Waals surface area contributed by atoms with Gasteiger partial charge in [-0.1, -0.05) is 30.3 Å². The highest BCUT2D eigenvalue weighted by atomic mass is 19.1. The molecule has 33 heavy (non-hydrogen) atoms. The second kappa shape index (κ2) is 9.74. The van der Waals surface area contributed by atoms with E-state index in [9.17, 15) is 4.39 Å². The van der Waals surface area contributed by atoms with Gasteiger partial charge >= 0.3 is 0 Å². The fourth-order valence-electron chi connectivity index (χ4n) is 5.34. The molecular formula is C27H33FN4O. The van der Waals surface area contributed by atoms with Gasteiger partial charge in [0.05, 0.1) is 11.2 Å². The van der Waals surface area contributed by atoms with Gasteiger partial charge in [-0.15, -0.1) is 0 Å². The Hall–Kier alpha value is -2.57. The van der Waals surface area contributed by atoms with Crippen LogP contribution in [-0.4, -0.2) is 48.9 Å². The van der Waals surface area contributed by atoms with Crippen LogP contribution in [0.25, 0.3) is 10.9 Å². The van der Waals surface area contributed by atoms with Crippen LogP contribution in [0.15, 0.2) is 48.5 Å². The lowest BCUT2D eigenvalue weighted by Gasteiger charge is -2.39. The molecule has 5 rings (SSSR count). The number of ether oxygens (including phenoxy) is 1. The summed E-state index contributed by atoms with van der Waals surface area (Å²) in [7, 11) is 0. The minimum absolute atomic E-state index is 0.152. The second-order valence-corrected chi connectivity index (χ2v) is 9.52. The van der Waals surface area contributed by atoms with Gasteiger partial charge in [0.15, 0.2) is 0 Å². The van der Waals surface area contributed by atoms with E-state index in [-0.39, 0.29) is 11.2 Å². The number of benzene rings is 2. The summed E-state index contributed by atoms with van der Waals surface area (Å²) in [4.78, 5) is 11.8.